The lowest BCUT2D eigenvalue weighted by molar-refractivity contribution is -0.0540. The second-order valence-corrected chi connectivity index (χ2v) is 5.74. The number of fused-ring (bicyclic) bond motifs is 1. The number of anilines is 1. The first-order valence-electron chi connectivity index (χ1n) is 5.87. The van der Waals surface area contributed by atoms with Gasteiger partial charge in [0.2, 0.25) is 0 Å². The summed E-state index contributed by atoms with van der Waals surface area (Å²) in [6.07, 6.45) is 4.26. The highest BCUT2D eigenvalue weighted by molar-refractivity contribution is 14.1. The van der Waals surface area contributed by atoms with Crippen LogP contribution in [0.25, 0.3) is 0 Å². The summed E-state index contributed by atoms with van der Waals surface area (Å²) in [5, 5.41) is 0. The number of hydrogen-bond acceptors (Lipinski definition) is 5. The van der Waals surface area contributed by atoms with Crippen LogP contribution in [0.4, 0.5) is 5.82 Å². The molecule has 2 aliphatic heterocycles. The third-order valence-electron chi connectivity index (χ3n) is 3.47. The van der Waals surface area contributed by atoms with E-state index >= 15 is 0 Å². The minimum Gasteiger partial charge on any atom is -0.383 e. The van der Waals surface area contributed by atoms with Crippen LogP contribution in [0.5, 0.6) is 0 Å². The van der Waals surface area contributed by atoms with Crippen molar-refractivity contribution in [1.29, 1.82) is 0 Å². The normalized spacial score (nSPS) is 29.2. The van der Waals surface area contributed by atoms with Gasteiger partial charge in [0.1, 0.15) is 11.9 Å². The van der Waals surface area contributed by atoms with Gasteiger partial charge >= 0.3 is 0 Å². The molecule has 0 radical (unpaired) electrons. The van der Waals surface area contributed by atoms with E-state index in [-0.39, 0.29) is 6.10 Å². The molecule has 3 rings (SSSR count). The topological polar surface area (TPSA) is 64.3 Å². The fraction of sp³-hybridized carbons (Fsp3) is 0.636. The van der Waals surface area contributed by atoms with E-state index < -0.39 is 0 Å². The third-order valence-corrected chi connectivity index (χ3v) is 4.30. The van der Waals surface area contributed by atoms with Gasteiger partial charge in [-0.1, -0.05) is 0 Å². The molecule has 2 unspecified atom stereocenters. The summed E-state index contributed by atoms with van der Waals surface area (Å²) in [5.74, 6) is 1.26. The Bertz CT molecular complexity index is 428. The highest BCUT2D eigenvalue weighted by Gasteiger charge is 2.34. The van der Waals surface area contributed by atoms with E-state index in [4.69, 9.17) is 10.5 Å². The molecule has 2 aliphatic rings. The predicted octanol–water partition coefficient (Wildman–Crippen LogP) is 1.20. The Morgan fingerprint density at radius 1 is 1.53 bits per heavy atom. The number of ether oxygens (including phenoxy) is 1. The zero-order valence-electron chi connectivity index (χ0n) is 9.47. The van der Waals surface area contributed by atoms with Crippen molar-refractivity contribution in [2.45, 2.75) is 25.0 Å². The van der Waals surface area contributed by atoms with E-state index in [9.17, 15) is 0 Å². The van der Waals surface area contributed by atoms with Crippen LogP contribution in [-0.4, -0.2) is 40.6 Å². The molecular formula is C11H15IN4O. The number of nitrogens with two attached hydrogens (primary N) is 1. The predicted molar refractivity (Wildman–Crippen MR) is 72.4 cm³/mol. The van der Waals surface area contributed by atoms with Crippen LogP contribution in [0, 0.1) is 3.57 Å². The number of hydrogen-bond donors (Lipinski definition) is 1. The summed E-state index contributed by atoms with van der Waals surface area (Å²) in [6.45, 7) is 2.86. The lowest BCUT2D eigenvalue weighted by atomic mass is 10.2. The molecular weight excluding hydrogens is 331 g/mol. The zero-order valence-corrected chi connectivity index (χ0v) is 11.6. The SMILES string of the molecule is Nc1nc(C2CN3CCCC3CO2)ncc1I. The number of rotatable bonds is 1. The van der Waals surface area contributed by atoms with E-state index in [0.29, 0.717) is 17.7 Å². The number of halogens is 1. The summed E-state index contributed by atoms with van der Waals surface area (Å²) in [6, 6.07) is 0.604. The standard InChI is InChI=1S/C11H15IN4O/c12-8-4-14-11(15-10(8)13)9-5-16-3-1-2-7(16)6-17-9/h4,7,9H,1-3,5-6H2,(H2,13,14,15). The molecule has 2 N–H and O–H groups in total. The van der Waals surface area contributed by atoms with Gasteiger partial charge in [-0.25, -0.2) is 9.97 Å². The van der Waals surface area contributed by atoms with Crippen molar-refractivity contribution in [3.63, 3.8) is 0 Å². The average Bonchev–Trinajstić information content (AvgIpc) is 2.79. The van der Waals surface area contributed by atoms with Crippen LogP contribution >= 0.6 is 22.6 Å². The Hall–Kier alpha value is -0.470. The number of morpholine rings is 1. The van der Waals surface area contributed by atoms with Gasteiger partial charge in [-0.05, 0) is 42.0 Å². The summed E-state index contributed by atoms with van der Waals surface area (Å²) in [4.78, 5) is 11.1. The molecule has 2 saturated heterocycles. The van der Waals surface area contributed by atoms with Crippen molar-refractivity contribution in [3.05, 3.63) is 15.6 Å². The molecule has 0 aliphatic carbocycles. The highest BCUT2D eigenvalue weighted by atomic mass is 127. The van der Waals surface area contributed by atoms with Crippen LogP contribution in [-0.2, 0) is 4.74 Å². The quantitative estimate of drug-likeness (QED) is 0.775. The molecule has 0 amide bonds. The average molecular weight is 346 g/mol. The monoisotopic (exact) mass is 346 g/mol. The first kappa shape index (κ1) is 11.6. The molecule has 0 spiro atoms. The lowest BCUT2D eigenvalue weighted by Crippen LogP contribution is -2.42. The largest absolute Gasteiger partial charge is 0.383 e. The van der Waals surface area contributed by atoms with Crippen LogP contribution < -0.4 is 5.73 Å². The summed E-state index contributed by atoms with van der Waals surface area (Å²) in [5.41, 5.74) is 5.81. The van der Waals surface area contributed by atoms with Gasteiger partial charge in [0, 0.05) is 18.8 Å². The van der Waals surface area contributed by atoms with Crippen molar-refractivity contribution in [3.8, 4) is 0 Å². The minimum absolute atomic E-state index is 0.0244. The molecule has 3 heterocycles. The molecule has 1 aromatic heterocycles. The molecule has 17 heavy (non-hydrogen) atoms. The number of aromatic nitrogens is 2. The fourth-order valence-corrected chi connectivity index (χ4v) is 2.78. The molecule has 0 aromatic carbocycles. The van der Waals surface area contributed by atoms with Crippen molar-refractivity contribution < 1.29 is 4.74 Å². The van der Waals surface area contributed by atoms with Gasteiger partial charge in [-0.3, -0.25) is 4.90 Å². The lowest BCUT2D eigenvalue weighted by Gasteiger charge is -2.34. The molecule has 2 atom stereocenters. The fourth-order valence-electron chi connectivity index (χ4n) is 2.52. The Morgan fingerprint density at radius 2 is 2.41 bits per heavy atom. The van der Waals surface area contributed by atoms with E-state index in [2.05, 4.69) is 37.5 Å². The zero-order chi connectivity index (χ0) is 11.8. The molecule has 0 saturated carbocycles. The maximum Gasteiger partial charge on any atom is 0.160 e. The summed E-state index contributed by atoms with van der Waals surface area (Å²) in [7, 11) is 0. The molecule has 5 nitrogen and oxygen atoms in total. The molecule has 1 aromatic rings. The van der Waals surface area contributed by atoms with Gasteiger partial charge in [-0.2, -0.15) is 0 Å². The molecule has 6 heteroatoms. The van der Waals surface area contributed by atoms with Gasteiger partial charge < -0.3 is 10.5 Å². The van der Waals surface area contributed by atoms with Gasteiger partial charge in [0.05, 0.1) is 10.2 Å². The maximum absolute atomic E-state index is 5.85. The highest BCUT2D eigenvalue weighted by Crippen LogP contribution is 2.29. The Balaban J connectivity index is 1.78. The maximum atomic E-state index is 5.85. The van der Waals surface area contributed by atoms with Crippen molar-refractivity contribution in [2.75, 3.05) is 25.4 Å². The van der Waals surface area contributed by atoms with Crippen LogP contribution in [0.1, 0.15) is 24.8 Å². The van der Waals surface area contributed by atoms with Crippen molar-refractivity contribution in [1.82, 2.24) is 14.9 Å². The van der Waals surface area contributed by atoms with E-state index in [1.807, 2.05) is 0 Å². The Kier molecular flexibility index (Phi) is 3.18. The smallest absolute Gasteiger partial charge is 0.160 e. The van der Waals surface area contributed by atoms with Gasteiger partial charge in [0.25, 0.3) is 0 Å². The van der Waals surface area contributed by atoms with E-state index in [1.165, 1.54) is 19.4 Å². The van der Waals surface area contributed by atoms with Gasteiger partial charge in [0.15, 0.2) is 5.82 Å². The second-order valence-electron chi connectivity index (χ2n) is 4.57. The third kappa shape index (κ3) is 2.25. The Labute approximate surface area is 114 Å². The van der Waals surface area contributed by atoms with Gasteiger partial charge in [-0.15, -0.1) is 0 Å². The summed E-state index contributed by atoms with van der Waals surface area (Å²) < 4.78 is 6.74. The number of nitrogens with zero attached hydrogens (tertiary/aromatic N) is 3. The first-order valence-corrected chi connectivity index (χ1v) is 6.95. The molecule has 2 fully saturated rings. The van der Waals surface area contributed by atoms with Crippen LogP contribution in [0.2, 0.25) is 0 Å². The van der Waals surface area contributed by atoms with E-state index in [0.717, 1.165) is 16.7 Å². The molecule has 0 bridgehead atoms. The number of nitrogen functional groups attached to an aromatic ring is 1. The summed E-state index contributed by atoms with van der Waals surface area (Å²) >= 11 is 2.14. The van der Waals surface area contributed by atoms with Crippen molar-refractivity contribution in [2.24, 2.45) is 0 Å². The van der Waals surface area contributed by atoms with Crippen LogP contribution in [0.15, 0.2) is 6.20 Å². The molecule has 92 valence electrons. The van der Waals surface area contributed by atoms with E-state index in [1.54, 1.807) is 6.20 Å². The Morgan fingerprint density at radius 3 is 3.24 bits per heavy atom. The minimum atomic E-state index is -0.0244. The first-order chi connectivity index (χ1) is 8.24. The van der Waals surface area contributed by atoms with Crippen molar-refractivity contribution >= 4 is 28.4 Å². The second kappa shape index (κ2) is 4.66. The van der Waals surface area contributed by atoms with Crippen LogP contribution in [0.3, 0.4) is 0 Å².